The Kier molecular flexibility index (Phi) is 2.49. The minimum Gasteiger partial charge on any atom is -0.258 e. The van der Waals surface area contributed by atoms with Gasteiger partial charge >= 0.3 is 0 Å². The zero-order valence-corrected chi connectivity index (χ0v) is 6.28. The lowest BCUT2D eigenvalue weighted by atomic mass is 9.99. The summed E-state index contributed by atoms with van der Waals surface area (Å²) in [5.74, 6) is 0.762. The SMILES string of the molecule is CC(C)[C@@H]1CCCNN1. The Hall–Kier alpha value is -0.0800. The van der Waals surface area contributed by atoms with E-state index in [-0.39, 0.29) is 0 Å². The van der Waals surface area contributed by atoms with Crippen LogP contribution in [0, 0.1) is 5.92 Å². The molecule has 54 valence electrons. The normalized spacial score (nSPS) is 29.0. The first-order valence-electron chi connectivity index (χ1n) is 3.79. The molecule has 0 bridgehead atoms. The molecule has 2 N–H and O–H groups in total. The zero-order chi connectivity index (χ0) is 6.69. The van der Waals surface area contributed by atoms with Crippen LogP contribution in [0.4, 0.5) is 0 Å². The highest BCUT2D eigenvalue weighted by Gasteiger charge is 2.14. The molecule has 0 amide bonds. The second-order valence-corrected chi connectivity index (χ2v) is 3.06. The number of hydrogen-bond acceptors (Lipinski definition) is 2. The van der Waals surface area contributed by atoms with Crippen molar-refractivity contribution in [3.63, 3.8) is 0 Å². The van der Waals surface area contributed by atoms with Crippen molar-refractivity contribution >= 4 is 0 Å². The second-order valence-electron chi connectivity index (χ2n) is 3.06. The standard InChI is InChI=1S/C7H16N2/c1-6(2)7-4-3-5-8-9-7/h6-9H,3-5H2,1-2H3/t7-/m0/s1. The molecule has 1 aliphatic heterocycles. The predicted octanol–water partition coefficient (Wildman–Crippen LogP) is 0.899. The summed E-state index contributed by atoms with van der Waals surface area (Å²) in [5, 5.41) is 0. The molecular formula is C7H16N2. The summed E-state index contributed by atoms with van der Waals surface area (Å²) in [6.45, 7) is 5.64. The molecule has 2 heteroatoms. The maximum Gasteiger partial charge on any atom is 0.0236 e. The van der Waals surface area contributed by atoms with Crippen LogP contribution in [0.3, 0.4) is 0 Å². The number of rotatable bonds is 1. The van der Waals surface area contributed by atoms with Crippen LogP contribution in [-0.2, 0) is 0 Å². The third-order valence-corrected chi connectivity index (χ3v) is 1.91. The summed E-state index contributed by atoms with van der Waals surface area (Å²) >= 11 is 0. The molecule has 2 nitrogen and oxygen atoms in total. The summed E-state index contributed by atoms with van der Waals surface area (Å²) in [4.78, 5) is 0. The molecular weight excluding hydrogens is 112 g/mol. The van der Waals surface area contributed by atoms with Crippen LogP contribution in [0.25, 0.3) is 0 Å². The van der Waals surface area contributed by atoms with Crippen LogP contribution < -0.4 is 10.9 Å². The Morgan fingerprint density at radius 2 is 2.22 bits per heavy atom. The van der Waals surface area contributed by atoms with E-state index in [0.29, 0.717) is 6.04 Å². The first kappa shape index (κ1) is 7.03. The molecule has 0 radical (unpaired) electrons. The topological polar surface area (TPSA) is 24.1 Å². The fraction of sp³-hybridized carbons (Fsp3) is 1.00. The Balaban J connectivity index is 2.23. The smallest absolute Gasteiger partial charge is 0.0236 e. The lowest BCUT2D eigenvalue weighted by molar-refractivity contribution is 0.283. The van der Waals surface area contributed by atoms with Gasteiger partial charge in [0.1, 0.15) is 0 Å². The number of hydrogen-bond donors (Lipinski definition) is 2. The Labute approximate surface area is 57.0 Å². The fourth-order valence-electron chi connectivity index (χ4n) is 1.19. The average Bonchev–Trinajstić information content (AvgIpc) is 1.90. The lowest BCUT2D eigenvalue weighted by Crippen LogP contribution is -2.48. The van der Waals surface area contributed by atoms with Gasteiger partial charge in [-0.05, 0) is 18.8 Å². The highest BCUT2D eigenvalue weighted by atomic mass is 15.4. The first-order chi connectivity index (χ1) is 4.30. The lowest BCUT2D eigenvalue weighted by Gasteiger charge is -2.27. The van der Waals surface area contributed by atoms with Gasteiger partial charge in [0, 0.05) is 12.6 Å². The molecule has 1 heterocycles. The molecule has 0 unspecified atom stereocenters. The molecule has 1 atom stereocenters. The van der Waals surface area contributed by atoms with E-state index in [1.165, 1.54) is 12.8 Å². The van der Waals surface area contributed by atoms with Crippen LogP contribution in [0.2, 0.25) is 0 Å². The van der Waals surface area contributed by atoms with Gasteiger partial charge in [-0.25, -0.2) is 0 Å². The van der Waals surface area contributed by atoms with Gasteiger partial charge in [0.25, 0.3) is 0 Å². The van der Waals surface area contributed by atoms with E-state index in [1.54, 1.807) is 0 Å². The number of hydrazine groups is 1. The summed E-state index contributed by atoms with van der Waals surface area (Å²) in [6.07, 6.45) is 2.64. The van der Waals surface area contributed by atoms with Gasteiger partial charge in [0.2, 0.25) is 0 Å². The fourth-order valence-corrected chi connectivity index (χ4v) is 1.19. The molecule has 0 aromatic rings. The third kappa shape index (κ3) is 1.95. The first-order valence-corrected chi connectivity index (χ1v) is 3.79. The minimum absolute atomic E-state index is 0.693. The van der Waals surface area contributed by atoms with Crippen LogP contribution in [0.1, 0.15) is 26.7 Å². The number of nitrogens with one attached hydrogen (secondary N) is 2. The van der Waals surface area contributed by atoms with Crippen molar-refractivity contribution in [2.24, 2.45) is 5.92 Å². The molecule has 0 aromatic carbocycles. The van der Waals surface area contributed by atoms with Gasteiger partial charge in [0.15, 0.2) is 0 Å². The van der Waals surface area contributed by atoms with E-state index < -0.39 is 0 Å². The van der Waals surface area contributed by atoms with Crippen LogP contribution in [0.15, 0.2) is 0 Å². The Morgan fingerprint density at radius 1 is 1.44 bits per heavy atom. The molecule has 1 fully saturated rings. The average molecular weight is 128 g/mol. The van der Waals surface area contributed by atoms with E-state index >= 15 is 0 Å². The van der Waals surface area contributed by atoms with Crippen molar-refractivity contribution in [2.45, 2.75) is 32.7 Å². The predicted molar refractivity (Wildman–Crippen MR) is 39.0 cm³/mol. The van der Waals surface area contributed by atoms with Crippen LogP contribution in [0.5, 0.6) is 0 Å². The molecule has 1 saturated heterocycles. The highest BCUT2D eigenvalue weighted by Crippen LogP contribution is 2.09. The van der Waals surface area contributed by atoms with Crippen molar-refractivity contribution in [1.82, 2.24) is 10.9 Å². The molecule has 9 heavy (non-hydrogen) atoms. The Bertz CT molecular complexity index is 75.0. The van der Waals surface area contributed by atoms with E-state index in [0.717, 1.165) is 12.5 Å². The van der Waals surface area contributed by atoms with Crippen molar-refractivity contribution in [3.8, 4) is 0 Å². The molecule has 1 rings (SSSR count). The second kappa shape index (κ2) is 3.18. The summed E-state index contributed by atoms with van der Waals surface area (Å²) in [5.41, 5.74) is 6.43. The zero-order valence-electron chi connectivity index (χ0n) is 6.28. The van der Waals surface area contributed by atoms with Gasteiger partial charge < -0.3 is 0 Å². The van der Waals surface area contributed by atoms with Gasteiger partial charge in [0.05, 0.1) is 0 Å². The third-order valence-electron chi connectivity index (χ3n) is 1.91. The van der Waals surface area contributed by atoms with E-state index in [1.807, 2.05) is 0 Å². The monoisotopic (exact) mass is 128 g/mol. The molecule has 0 spiro atoms. The van der Waals surface area contributed by atoms with Gasteiger partial charge in [-0.15, -0.1) is 0 Å². The summed E-state index contributed by atoms with van der Waals surface area (Å²) in [7, 11) is 0. The van der Waals surface area contributed by atoms with Crippen LogP contribution >= 0.6 is 0 Å². The quantitative estimate of drug-likeness (QED) is 0.548. The summed E-state index contributed by atoms with van der Waals surface area (Å²) < 4.78 is 0. The van der Waals surface area contributed by atoms with Gasteiger partial charge in [-0.2, -0.15) is 0 Å². The van der Waals surface area contributed by atoms with Gasteiger partial charge in [-0.1, -0.05) is 13.8 Å². The van der Waals surface area contributed by atoms with Crippen LogP contribution in [-0.4, -0.2) is 12.6 Å². The van der Waals surface area contributed by atoms with E-state index in [4.69, 9.17) is 0 Å². The minimum atomic E-state index is 0.693. The molecule has 0 aliphatic carbocycles. The van der Waals surface area contributed by atoms with Crippen molar-refractivity contribution in [3.05, 3.63) is 0 Å². The van der Waals surface area contributed by atoms with Crippen molar-refractivity contribution < 1.29 is 0 Å². The highest BCUT2D eigenvalue weighted by molar-refractivity contribution is 4.71. The largest absolute Gasteiger partial charge is 0.258 e. The molecule has 1 aliphatic rings. The maximum absolute atomic E-state index is 3.27. The molecule has 0 saturated carbocycles. The van der Waals surface area contributed by atoms with E-state index in [9.17, 15) is 0 Å². The maximum atomic E-state index is 3.27. The van der Waals surface area contributed by atoms with E-state index in [2.05, 4.69) is 24.7 Å². The van der Waals surface area contributed by atoms with Crippen molar-refractivity contribution in [2.75, 3.05) is 6.54 Å². The summed E-state index contributed by atoms with van der Waals surface area (Å²) in [6, 6.07) is 0.693. The Morgan fingerprint density at radius 3 is 2.56 bits per heavy atom. The van der Waals surface area contributed by atoms with Crippen molar-refractivity contribution in [1.29, 1.82) is 0 Å². The molecule has 0 aromatic heterocycles. The van der Waals surface area contributed by atoms with Gasteiger partial charge in [-0.3, -0.25) is 10.9 Å².